The molecule has 0 radical (unpaired) electrons. The Morgan fingerprint density at radius 2 is 1.75 bits per heavy atom. The van der Waals surface area contributed by atoms with Crippen molar-refractivity contribution in [1.82, 2.24) is 4.90 Å². The van der Waals surface area contributed by atoms with Crippen molar-refractivity contribution in [2.24, 2.45) is 0 Å². The zero-order valence-electron chi connectivity index (χ0n) is 13.4. The van der Waals surface area contributed by atoms with Crippen molar-refractivity contribution < 1.29 is 9.18 Å². The van der Waals surface area contributed by atoms with Crippen molar-refractivity contribution in [3.05, 3.63) is 58.9 Å². The summed E-state index contributed by atoms with van der Waals surface area (Å²) in [5.74, 6) is -0.242. The monoisotopic (exact) mass is 347 g/mol. The summed E-state index contributed by atoms with van der Waals surface area (Å²) >= 11 is 6.08. The van der Waals surface area contributed by atoms with Gasteiger partial charge in [0.15, 0.2) is 0 Å². The largest absolute Gasteiger partial charge is 0.368 e. The van der Waals surface area contributed by atoms with Crippen molar-refractivity contribution in [2.45, 2.75) is 6.92 Å². The molecular weight excluding hydrogens is 329 g/mol. The third-order valence-corrected chi connectivity index (χ3v) is 4.59. The molecule has 0 atom stereocenters. The minimum absolute atomic E-state index is 0.131. The van der Waals surface area contributed by atoms with Crippen LogP contribution in [0.5, 0.6) is 0 Å². The van der Waals surface area contributed by atoms with Crippen LogP contribution in [-0.2, 0) is 0 Å². The van der Waals surface area contributed by atoms with Gasteiger partial charge < -0.3 is 15.1 Å². The summed E-state index contributed by atoms with van der Waals surface area (Å²) in [6.07, 6.45) is 0. The Morgan fingerprint density at radius 3 is 2.38 bits per heavy atom. The highest BCUT2D eigenvalue weighted by molar-refractivity contribution is 6.31. The Bertz CT molecular complexity index is 728. The average molecular weight is 348 g/mol. The molecule has 0 bridgehead atoms. The third kappa shape index (κ3) is 3.79. The molecule has 1 fully saturated rings. The van der Waals surface area contributed by atoms with Gasteiger partial charge in [0.05, 0.1) is 0 Å². The number of rotatable bonds is 2. The summed E-state index contributed by atoms with van der Waals surface area (Å²) in [6.45, 7) is 4.58. The fourth-order valence-corrected chi connectivity index (χ4v) is 2.87. The molecule has 6 heteroatoms. The van der Waals surface area contributed by atoms with Gasteiger partial charge in [0, 0.05) is 42.6 Å². The number of hydrogen-bond acceptors (Lipinski definition) is 2. The van der Waals surface area contributed by atoms with Crippen LogP contribution in [0.15, 0.2) is 42.5 Å². The predicted molar refractivity (Wildman–Crippen MR) is 95.4 cm³/mol. The summed E-state index contributed by atoms with van der Waals surface area (Å²) in [7, 11) is 0. The van der Waals surface area contributed by atoms with E-state index in [1.54, 1.807) is 23.1 Å². The van der Waals surface area contributed by atoms with E-state index in [0.29, 0.717) is 36.9 Å². The Hall–Kier alpha value is -2.27. The highest BCUT2D eigenvalue weighted by atomic mass is 35.5. The van der Waals surface area contributed by atoms with Crippen LogP contribution >= 0.6 is 11.6 Å². The first-order chi connectivity index (χ1) is 11.5. The lowest BCUT2D eigenvalue weighted by Gasteiger charge is -2.36. The minimum atomic E-state index is -0.242. The number of aryl methyl sites for hydroxylation is 1. The molecule has 24 heavy (non-hydrogen) atoms. The smallest absolute Gasteiger partial charge is 0.321 e. The van der Waals surface area contributed by atoms with Gasteiger partial charge in [-0.2, -0.15) is 0 Å². The van der Waals surface area contributed by atoms with E-state index >= 15 is 0 Å². The number of nitrogens with one attached hydrogen (secondary N) is 1. The molecule has 2 aromatic carbocycles. The molecule has 3 rings (SSSR count). The van der Waals surface area contributed by atoms with Gasteiger partial charge in [0.2, 0.25) is 0 Å². The highest BCUT2D eigenvalue weighted by Gasteiger charge is 2.21. The maximum Gasteiger partial charge on any atom is 0.321 e. The first kappa shape index (κ1) is 16.6. The summed E-state index contributed by atoms with van der Waals surface area (Å²) in [4.78, 5) is 16.3. The maximum atomic E-state index is 13.0. The second-order valence-electron chi connectivity index (χ2n) is 5.84. The highest BCUT2D eigenvalue weighted by Crippen LogP contribution is 2.21. The number of halogens is 2. The van der Waals surface area contributed by atoms with Gasteiger partial charge in [-0.3, -0.25) is 0 Å². The Morgan fingerprint density at radius 1 is 1.08 bits per heavy atom. The zero-order valence-corrected chi connectivity index (χ0v) is 14.2. The Kier molecular flexibility index (Phi) is 4.90. The van der Waals surface area contributed by atoms with Crippen LogP contribution in [0.25, 0.3) is 0 Å². The number of carbonyl (C=O) groups excluding carboxylic acids is 1. The first-order valence-electron chi connectivity index (χ1n) is 7.85. The van der Waals surface area contributed by atoms with Gasteiger partial charge in [0.25, 0.3) is 0 Å². The van der Waals surface area contributed by atoms with Crippen molar-refractivity contribution >= 4 is 29.0 Å². The molecule has 1 N–H and O–H groups in total. The topological polar surface area (TPSA) is 35.6 Å². The number of carbonyl (C=O) groups is 1. The lowest BCUT2D eigenvalue weighted by atomic mass is 10.2. The van der Waals surface area contributed by atoms with Crippen LogP contribution in [0, 0.1) is 12.7 Å². The van der Waals surface area contributed by atoms with Crippen LogP contribution in [0.2, 0.25) is 5.02 Å². The average Bonchev–Trinajstić information content (AvgIpc) is 2.59. The third-order valence-electron chi connectivity index (χ3n) is 4.18. The van der Waals surface area contributed by atoms with Gasteiger partial charge in [0.1, 0.15) is 5.82 Å². The Labute approximate surface area is 145 Å². The van der Waals surface area contributed by atoms with Crippen molar-refractivity contribution in [3.8, 4) is 0 Å². The van der Waals surface area contributed by atoms with E-state index in [2.05, 4.69) is 10.2 Å². The van der Waals surface area contributed by atoms with Gasteiger partial charge in [-0.15, -0.1) is 0 Å². The molecule has 0 unspecified atom stereocenters. The molecule has 0 spiro atoms. The second kappa shape index (κ2) is 7.09. The number of hydrogen-bond donors (Lipinski definition) is 1. The molecular formula is C18H19ClFN3O. The van der Waals surface area contributed by atoms with Crippen molar-refractivity contribution in [3.63, 3.8) is 0 Å². The number of piperazine rings is 1. The normalized spacial score (nSPS) is 14.6. The quantitative estimate of drug-likeness (QED) is 0.886. The molecule has 1 heterocycles. The minimum Gasteiger partial charge on any atom is -0.368 e. The lowest BCUT2D eigenvalue weighted by molar-refractivity contribution is 0.208. The summed E-state index contributed by atoms with van der Waals surface area (Å²) in [5, 5.41) is 3.51. The molecule has 2 amide bonds. The number of amides is 2. The molecule has 126 valence electrons. The standard InChI is InChI=1S/C18H19ClFN3O/c1-13-2-5-15(12-17(13)19)21-18(24)23-10-8-22(9-11-23)16-6-3-14(20)4-7-16/h2-7,12H,8-11H2,1H3,(H,21,24). The Balaban J connectivity index is 1.56. The van der Waals surface area contributed by atoms with Crippen molar-refractivity contribution in [1.29, 1.82) is 0 Å². The molecule has 4 nitrogen and oxygen atoms in total. The van der Waals surface area contributed by atoms with Crippen LogP contribution in [-0.4, -0.2) is 37.1 Å². The molecule has 0 aliphatic carbocycles. The predicted octanol–water partition coefficient (Wildman–Crippen LogP) is 4.14. The lowest BCUT2D eigenvalue weighted by Crippen LogP contribution is -2.50. The van der Waals surface area contributed by atoms with Gasteiger partial charge in [-0.05, 0) is 48.9 Å². The second-order valence-corrected chi connectivity index (χ2v) is 6.25. The molecule has 1 aliphatic heterocycles. The molecule has 0 saturated carbocycles. The van der Waals surface area contributed by atoms with Gasteiger partial charge in [-0.1, -0.05) is 17.7 Å². The summed E-state index contributed by atoms with van der Waals surface area (Å²) in [6, 6.07) is 11.8. The van der Waals surface area contributed by atoms with Gasteiger partial charge >= 0.3 is 6.03 Å². The number of urea groups is 1. The summed E-state index contributed by atoms with van der Waals surface area (Å²) in [5.41, 5.74) is 2.64. The van der Waals surface area contributed by atoms with Crippen LogP contribution in [0.3, 0.4) is 0 Å². The number of benzene rings is 2. The number of anilines is 2. The SMILES string of the molecule is Cc1ccc(NC(=O)N2CCN(c3ccc(F)cc3)CC2)cc1Cl. The van der Waals surface area contributed by atoms with Crippen molar-refractivity contribution in [2.75, 3.05) is 36.4 Å². The van der Waals surface area contributed by atoms with E-state index < -0.39 is 0 Å². The summed E-state index contributed by atoms with van der Waals surface area (Å²) < 4.78 is 13.0. The molecule has 1 saturated heterocycles. The fourth-order valence-electron chi connectivity index (χ4n) is 2.69. The molecule has 1 aliphatic rings. The zero-order chi connectivity index (χ0) is 17.1. The van der Waals surface area contributed by atoms with Crippen LogP contribution in [0.4, 0.5) is 20.6 Å². The van der Waals surface area contributed by atoms with E-state index in [1.165, 1.54) is 12.1 Å². The van der Waals surface area contributed by atoms with E-state index in [1.807, 2.05) is 19.1 Å². The van der Waals surface area contributed by atoms with E-state index in [4.69, 9.17) is 11.6 Å². The number of nitrogens with zero attached hydrogens (tertiary/aromatic N) is 2. The molecule has 0 aromatic heterocycles. The first-order valence-corrected chi connectivity index (χ1v) is 8.23. The van der Waals surface area contributed by atoms with Gasteiger partial charge in [-0.25, -0.2) is 9.18 Å². The van der Waals surface area contributed by atoms with E-state index in [0.717, 1.165) is 11.3 Å². The van der Waals surface area contributed by atoms with Crippen LogP contribution < -0.4 is 10.2 Å². The van der Waals surface area contributed by atoms with Crippen LogP contribution in [0.1, 0.15) is 5.56 Å². The maximum absolute atomic E-state index is 13.0. The fraction of sp³-hybridized carbons (Fsp3) is 0.278. The van der Waals surface area contributed by atoms with E-state index in [-0.39, 0.29) is 11.8 Å². The van der Waals surface area contributed by atoms with E-state index in [9.17, 15) is 9.18 Å². The molecule has 2 aromatic rings.